The zero-order valence-electron chi connectivity index (χ0n) is 4.39. The number of alkyl halides is 2. The van der Waals surface area contributed by atoms with Crippen LogP contribution >= 0.6 is 8.25 Å². The molecule has 9 heavy (non-hydrogen) atoms. The first-order chi connectivity index (χ1) is 4.10. The third kappa shape index (κ3) is 2.01. The van der Waals surface area contributed by atoms with E-state index in [2.05, 4.69) is 9.05 Å². The van der Waals surface area contributed by atoms with Gasteiger partial charge in [-0.25, -0.2) is 8.78 Å². The fourth-order valence-electron chi connectivity index (χ4n) is 0.412. The van der Waals surface area contributed by atoms with E-state index in [1.165, 1.54) is 0 Å². The van der Waals surface area contributed by atoms with E-state index in [1.54, 1.807) is 0 Å². The smallest absolute Gasteiger partial charge is 0.304 e. The summed E-state index contributed by atoms with van der Waals surface area (Å²) in [7, 11) is -2.59. The predicted octanol–water partition coefficient (Wildman–Crippen LogP) is 1.06. The molecule has 0 saturated carbocycles. The van der Waals surface area contributed by atoms with Crippen LogP contribution in [0.4, 0.5) is 8.78 Å². The first-order valence-corrected chi connectivity index (χ1v) is 3.50. The van der Waals surface area contributed by atoms with Crippen molar-refractivity contribution in [2.45, 2.75) is 5.92 Å². The SMILES string of the molecule is O=[PH]1OCC(F)(F)CO1. The highest BCUT2D eigenvalue weighted by Crippen LogP contribution is 2.34. The van der Waals surface area contributed by atoms with Crippen LogP contribution in [-0.4, -0.2) is 19.1 Å². The maximum absolute atomic E-state index is 12.0. The highest BCUT2D eigenvalue weighted by molar-refractivity contribution is 7.33. The summed E-state index contributed by atoms with van der Waals surface area (Å²) in [5, 5.41) is 0. The average molecular weight is 158 g/mol. The predicted molar refractivity (Wildman–Crippen MR) is 25.9 cm³/mol. The summed E-state index contributed by atoms with van der Waals surface area (Å²) >= 11 is 0. The van der Waals surface area contributed by atoms with E-state index in [1.807, 2.05) is 0 Å². The van der Waals surface area contributed by atoms with Crippen molar-refractivity contribution in [2.75, 3.05) is 13.2 Å². The Balaban J connectivity index is 2.44. The van der Waals surface area contributed by atoms with Crippen LogP contribution in [0, 0.1) is 0 Å². The Morgan fingerprint density at radius 3 is 2.11 bits per heavy atom. The lowest BCUT2D eigenvalue weighted by atomic mass is 10.4. The van der Waals surface area contributed by atoms with Crippen LogP contribution < -0.4 is 0 Å². The van der Waals surface area contributed by atoms with Crippen molar-refractivity contribution in [3.63, 3.8) is 0 Å². The molecule has 0 radical (unpaired) electrons. The molecule has 6 heteroatoms. The van der Waals surface area contributed by atoms with E-state index in [0.717, 1.165) is 0 Å². The molecule has 54 valence electrons. The molecule has 0 bridgehead atoms. The maximum Gasteiger partial charge on any atom is 0.319 e. The fourth-order valence-corrected chi connectivity index (χ4v) is 1.15. The van der Waals surface area contributed by atoms with Gasteiger partial charge in [-0.05, 0) is 0 Å². The van der Waals surface area contributed by atoms with Crippen molar-refractivity contribution in [1.29, 1.82) is 0 Å². The van der Waals surface area contributed by atoms with E-state index in [4.69, 9.17) is 0 Å². The van der Waals surface area contributed by atoms with Gasteiger partial charge in [-0.2, -0.15) is 0 Å². The van der Waals surface area contributed by atoms with E-state index < -0.39 is 27.4 Å². The molecule has 0 N–H and O–H groups in total. The first-order valence-electron chi connectivity index (χ1n) is 2.27. The molecule has 1 fully saturated rings. The summed E-state index contributed by atoms with van der Waals surface area (Å²) in [4.78, 5) is 0. The van der Waals surface area contributed by atoms with Gasteiger partial charge in [0, 0.05) is 0 Å². The molecule has 1 aliphatic rings. The summed E-state index contributed by atoms with van der Waals surface area (Å²) in [6.45, 7) is -1.57. The Hall–Kier alpha value is 0.01000. The van der Waals surface area contributed by atoms with Crippen molar-refractivity contribution < 1.29 is 22.4 Å². The Morgan fingerprint density at radius 2 is 1.78 bits per heavy atom. The van der Waals surface area contributed by atoms with Crippen molar-refractivity contribution in [3.8, 4) is 0 Å². The topological polar surface area (TPSA) is 35.5 Å². The van der Waals surface area contributed by atoms with Gasteiger partial charge in [-0.15, -0.1) is 0 Å². The molecule has 1 aliphatic heterocycles. The third-order valence-electron chi connectivity index (χ3n) is 0.802. The molecule has 0 aliphatic carbocycles. The van der Waals surface area contributed by atoms with Gasteiger partial charge in [0.25, 0.3) is 5.92 Å². The molecule has 1 saturated heterocycles. The molecule has 0 aromatic heterocycles. The number of hydrogen-bond acceptors (Lipinski definition) is 3. The highest BCUT2D eigenvalue weighted by Gasteiger charge is 2.35. The van der Waals surface area contributed by atoms with Crippen LogP contribution in [0.1, 0.15) is 0 Å². The standard InChI is InChI=1S/C3H5F2O3P/c4-3(5)1-7-9(6)8-2-3/h9H,1-2H2. The molecule has 0 unspecified atom stereocenters. The second-order valence-corrected chi connectivity index (χ2v) is 2.76. The molecular formula is C3H5F2O3P. The summed E-state index contributed by atoms with van der Waals surface area (Å²) in [6.07, 6.45) is 0. The van der Waals surface area contributed by atoms with Crippen molar-refractivity contribution in [2.24, 2.45) is 0 Å². The van der Waals surface area contributed by atoms with Gasteiger partial charge in [0.2, 0.25) is 0 Å². The molecule has 0 spiro atoms. The maximum atomic E-state index is 12.0. The van der Waals surface area contributed by atoms with Gasteiger partial charge in [0.1, 0.15) is 13.2 Å². The second-order valence-electron chi connectivity index (χ2n) is 1.68. The van der Waals surface area contributed by atoms with Crippen LogP contribution in [0.25, 0.3) is 0 Å². The van der Waals surface area contributed by atoms with Gasteiger partial charge in [0.15, 0.2) is 0 Å². The van der Waals surface area contributed by atoms with Gasteiger partial charge in [-0.1, -0.05) is 0 Å². The molecule has 0 amide bonds. The Morgan fingerprint density at radius 1 is 1.33 bits per heavy atom. The summed E-state index contributed by atoms with van der Waals surface area (Å²) in [5.41, 5.74) is 0. The van der Waals surface area contributed by atoms with Crippen molar-refractivity contribution in [1.82, 2.24) is 0 Å². The molecule has 0 aromatic carbocycles. The molecule has 1 rings (SSSR count). The van der Waals surface area contributed by atoms with Crippen LogP contribution in [0.2, 0.25) is 0 Å². The minimum absolute atomic E-state index is 0.787. The average Bonchev–Trinajstić information content (AvgIpc) is 1.78. The third-order valence-corrected chi connectivity index (χ3v) is 1.56. The minimum Gasteiger partial charge on any atom is -0.304 e. The normalized spacial score (nSPS) is 28.2. The zero-order valence-corrected chi connectivity index (χ0v) is 5.39. The Labute approximate surface area is 50.9 Å². The van der Waals surface area contributed by atoms with Crippen molar-refractivity contribution in [3.05, 3.63) is 0 Å². The minimum atomic E-state index is -2.96. The van der Waals surface area contributed by atoms with E-state index in [-0.39, 0.29) is 0 Å². The summed E-state index contributed by atoms with van der Waals surface area (Å²) in [6, 6.07) is 0. The van der Waals surface area contributed by atoms with Gasteiger partial charge < -0.3 is 9.05 Å². The zero-order chi connectivity index (χ0) is 6.91. The fraction of sp³-hybridized carbons (Fsp3) is 1.00. The quantitative estimate of drug-likeness (QED) is 0.494. The second kappa shape index (κ2) is 2.33. The number of hydrogen-bond donors (Lipinski definition) is 0. The van der Waals surface area contributed by atoms with E-state index in [9.17, 15) is 13.3 Å². The van der Waals surface area contributed by atoms with Gasteiger partial charge in [0.05, 0.1) is 0 Å². The Bertz CT molecular complexity index is 125. The summed E-state index contributed by atoms with van der Waals surface area (Å²) < 4.78 is 42.3. The highest BCUT2D eigenvalue weighted by atomic mass is 31.1. The van der Waals surface area contributed by atoms with Crippen LogP contribution in [-0.2, 0) is 13.6 Å². The molecule has 0 atom stereocenters. The monoisotopic (exact) mass is 158 g/mol. The first kappa shape index (κ1) is 7.12. The van der Waals surface area contributed by atoms with E-state index >= 15 is 0 Å². The molecule has 0 aromatic rings. The van der Waals surface area contributed by atoms with Crippen LogP contribution in [0.5, 0.6) is 0 Å². The van der Waals surface area contributed by atoms with Gasteiger partial charge >= 0.3 is 8.25 Å². The van der Waals surface area contributed by atoms with Crippen molar-refractivity contribution >= 4 is 8.25 Å². The molecule has 1 heterocycles. The van der Waals surface area contributed by atoms with Crippen LogP contribution in [0.15, 0.2) is 0 Å². The molecular weight excluding hydrogens is 153 g/mol. The number of halogens is 2. The molecule has 3 nitrogen and oxygen atoms in total. The lowest BCUT2D eigenvalue weighted by Gasteiger charge is -2.20. The summed E-state index contributed by atoms with van der Waals surface area (Å²) in [5.74, 6) is -2.96. The van der Waals surface area contributed by atoms with Gasteiger partial charge in [-0.3, -0.25) is 4.57 Å². The number of rotatable bonds is 0. The Kier molecular flexibility index (Phi) is 1.84. The lowest BCUT2D eigenvalue weighted by Crippen LogP contribution is -2.31. The van der Waals surface area contributed by atoms with E-state index in [0.29, 0.717) is 0 Å². The lowest BCUT2D eigenvalue weighted by molar-refractivity contribution is -0.0983. The van der Waals surface area contributed by atoms with Crippen LogP contribution in [0.3, 0.4) is 0 Å². The largest absolute Gasteiger partial charge is 0.319 e.